The Bertz CT molecular complexity index is 880. The number of rotatable bonds is 6. The molecule has 9 heteroatoms. The number of anilines is 1. The smallest absolute Gasteiger partial charge is 0.240 e. The van der Waals surface area contributed by atoms with E-state index in [0.29, 0.717) is 5.13 Å². The molecular formula is C15H16N4O3S2. The fourth-order valence-corrected chi connectivity index (χ4v) is 4.03. The van der Waals surface area contributed by atoms with Crippen molar-refractivity contribution in [3.05, 3.63) is 30.0 Å². The lowest BCUT2D eigenvalue weighted by molar-refractivity contribution is -0.114. The lowest BCUT2D eigenvalue weighted by atomic mass is 10.2. The van der Waals surface area contributed by atoms with E-state index in [4.69, 9.17) is 5.26 Å². The summed E-state index contributed by atoms with van der Waals surface area (Å²) in [5, 5.41) is 11.6. The van der Waals surface area contributed by atoms with Gasteiger partial charge in [-0.3, -0.25) is 4.79 Å². The molecule has 2 N–H and O–H groups in total. The summed E-state index contributed by atoms with van der Waals surface area (Å²) in [4.78, 5) is 16.4. The van der Waals surface area contributed by atoms with Crippen molar-refractivity contribution in [1.82, 2.24) is 9.71 Å². The van der Waals surface area contributed by atoms with Crippen molar-refractivity contribution >= 4 is 32.4 Å². The van der Waals surface area contributed by atoms with Gasteiger partial charge in [0.2, 0.25) is 15.9 Å². The highest BCUT2D eigenvalue weighted by Crippen LogP contribution is 2.33. The lowest BCUT2D eigenvalue weighted by Gasteiger charge is -2.06. The van der Waals surface area contributed by atoms with Crippen molar-refractivity contribution < 1.29 is 13.2 Å². The van der Waals surface area contributed by atoms with Gasteiger partial charge < -0.3 is 5.32 Å². The van der Waals surface area contributed by atoms with Crippen molar-refractivity contribution in [1.29, 1.82) is 5.26 Å². The first-order chi connectivity index (χ1) is 11.3. The number of hydrogen-bond acceptors (Lipinski definition) is 6. The molecule has 1 aromatic heterocycles. The second kappa shape index (κ2) is 7.53. The Balaban J connectivity index is 2.22. The van der Waals surface area contributed by atoms with Gasteiger partial charge in [-0.1, -0.05) is 23.5 Å². The first kappa shape index (κ1) is 18.1. The van der Waals surface area contributed by atoms with Crippen LogP contribution in [0.15, 0.2) is 29.2 Å². The summed E-state index contributed by atoms with van der Waals surface area (Å²) < 4.78 is 26.5. The highest BCUT2D eigenvalue weighted by molar-refractivity contribution is 7.89. The Morgan fingerprint density at radius 1 is 1.33 bits per heavy atom. The van der Waals surface area contributed by atoms with Gasteiger partial charge in [-0.25, -0.2) is 18.1 Å². The minimum atomic E-state index is -3.62. The van der Waals surface area contributed by atoms with Crippen LogP contribution in [-0.4, -0.2) is 25.9 Å². The highest BCUT2D eigenvalue weighted by Gasteiger charge is 2.15. The number of amides is 1. The zero-order valence-corrected chi connectivity index (χ0v) is 14.8. The number of benzene rings is 1. The van der Waals surface area contributed by atoms with Crippen LogP contribution in [0.2, 0.25) is 0 Å². The Hall–Kier alpha value is -2.28. The van der Waals surface area contributed by atoms with Crippen molar-refractivity contribution in [3.8, 4) is 16.5 Å². The lowest BCUT2D eigenvalue weighted by Crippen LogP contribution is -2.24. The minimum Gasteiger partial charge on any atom is -0.302 e. The molecule has 0 saturated carbocycles. The number of carbonyl (C=O) groups excluding carboxylic acids is 1. The number of sulfonamides is 1. The van der Waals surface area contributed by atoms with Crippen LogP contribution < -0.4 is 10.0 Å². The van der Waals surface area contributed by atoms with Gasteiger partial charge in [-0.15, -0.1) is 0 Å². The van der Waals surface area contributed by atoms with Crippen molar-refractivity contribution in [2.75, 3.05) is 11.9 Å². The number of hydrogen-bond donors (Lipinski definition) is 2. The van der Waals surface area contributed by atoms with Crippen molar-refractivity contribution in [3.63, 3.8) is 0 Å². The van der Waals surface area contributed by atoms with E-state index >= 15 is 0 Å². The van der Waals surface area contributed by atoms with Gasteiger partial charge in [0.1, 0.15) is 0 Å². The maximum atomic E-state index is 12.1. The third-order valence-corrected chi connectivity index (χ3v) is 5.63. The Labute approximate surface area is 144 Å². The van der Waals surface area contributed by atoms with E-state index in [1.807, 2.05) is 13.0 Å². The molecule has 126 valence electrons. The molecule has 1 amide bonds. The van der Waals surface area contributed by atoms with E-state index in [1.165, 1.54) is 30.4 Å². The van der Waals surface area contributed by atoms with E-state index in [-0.39, 0.29) is 23.8 Å². The SMILES string of the molecule is CC(=O)Nc1nc(C)c(-c2ccc(S(=O)(=O)NCCC#N)cc2)s1. The average molecular weight is 364 g/mol. The van der Waals surface area contributed by atoms with E-state index in [0.717, 1.165) is 16.1 Å². The van der Waals surface area contributed by atoms with Crippen LogP contribution in [-0.2, 0) is 14.8 Å². The molecular weight excluding hydrogens is 348 g/mol. The summed E-state index contributed by atoms with van der Waals surface area (Å²) in [5.74, 6) is -0.194. The maximum absolute atomic E-state index is 12.1. The number of thiazole rings is 1. The van der Waals surface area contributed by atoms with E-state index in [2.05, 4.69) is 15.0 Å². The Kier molecular flexibility index (Phi) is 5.66. The summed E-state index contributed by atoms with van der Waals surface area (Å²) >= 11 is 1.33. The molecule has 7 nitrogen and oxygen atoms in total. The third kappa shape index (κ3) is 4.38. The molecule has 0 aliphatic carbocycles. The first-order valence-corrected chi connectivity index (χ1v) is 9.35. The summed E-state index contributed by atoms with van der Waals surface area (Å²) in [5.41, 5.74) is 1.57. The van der Waals surface area contributed by atoms with Gasteiger partial charge in [0.25, 0.3) is 0 Å². The minimum absolute atomic E-state index is 0.0780. The maximum Gasteiger partial charge on any atom is 0.240 e. The Morgan fingerprint density at radius 3 is 2.58 bits per heavy atom. The summed E-state index contributed by atoms with van der Waals surface area (Å²) in [6, 6.07) is 8.27. The molecule has 1 heterocycles. The average Bonchev–Trinajstić information content (AvgIpc) is 2.87. The molecule has 24 heavy (non-hydrogen) atoms. The summed E-state index contributed by atoms with van der Waals surface area (Å²) in [7, 11) is -3.62. The molecule has 2 rings (SSSR count). The predicted octanol–water partition coefficient (Wildman–Crippen LogP) is 2.27. The van der Waals surface area contributed by atoms with Gasteiger partial charge in [0.05, 0.1) is 21.5 Å². The molecule has 0 fully saturated rings. The van der Waals surface area contributed by atoms with E-state index < -0.39 is 10.0 Å². The fraction of sp³-hybridized carbons (Fsp3) is 0.267. The second-order valence-corrected chi connectivity index (χ2v) is 7.71. The standard InChI is InChI=1S/C15H16N4O3S2/c1-10-14(23-15(18-10)19-11(2)20)12-4-6-13(7-5-12)24(21,22)17-9-3-8-16/h4-7,17H,3,9H2,1-2H3,(H,18,19,20). The largest absolute Gasteiger partial charge is 0.302 e. The van der Waals surface area contributed by atoms with Crippen LogP contribution in [0.5, 0.6) is 0 Å². The molecule has 0 radical (unpaired) electrons. The van der Waals surface area contributed by atoms with E-state index in [9.17, 15) is 13.2 Å². The number of nitrogens with zero attached hydrogens (tertiary/aromatic N) is 2. The third-order valence-electron chi connectivity index (χ3n) is 3.04. The van der Waals surface area contributed by atoms with Crippen LogP contribution in [0, 0.1) is 18.3 Å². The molecule has 0 spiro atoms. The molecule has 0 atom stereocenters. The number of nitriles is 1. The van der Waals surface area contributed by atoms with Crippen LogP contribution in [0.4, 0.5) is 5.13 Å². The number of carbonyl (C=O) groups is 1. The fourth-order valence-electron chi connectivity index (χ4n) is 1.98. The molecule has 0 saturated heterocycles. The molecule has 0 aliphatic rings. The van der Waals surface area contributed by atoms with E-state index in [1.54, 1.807) is 12.1 Å². The van der Waals surface area contributed by atoms with Crippen LogP contribution >= 0.6 is 11.3 Å². The molecule has 0 bridgehead atoms. The highest BCUT2D eigenvalue weighted by atomic mass is 32.2. The molecule has 0 aliphatic heterocycles. The summed E-state index contributed by atoms with van der Waals surface area (Å²) in [6.45, 7) is 3.31. The number of aryl methyl sites for hydroxylation is 1. The quantitative estimate of drug-likeness (QED) is 0.764. The van der Waals surface area contributed by atoms with Gasteiger partial charge in [0, 0.05) is 19.9 Å². The zero-order valence-electron chi connectivity index (χ0n) is 13.2. The number of nitrogens with one attached hydrogen (secondary N) is 2. The van der Waals surface area contributed by atoms with Gasteiger partial charge >= 0.3 is 0 Å². The van der Waals surface area contributed by atoms with Crippen LogP contribution in [0.1, 0.15) is 19.0 Å². The molecule has 1 aromatic carbocycles. The zero-order chi connectivity index (χ0) is 17.7. The monoisotopic (exact) mass is 364 g/mol. The van der Waals surface area contributed by atoms with Crippen LogP contribution in [0.25, 0.3) is 10.4 Å². The van der Waals surface area contributed by atoms with Crippen molar-refractivity contribution in [2.24, 2.45) is 0 Å². The Morgan fingerprint density at radius 2 is 2.00 bits per heavy atom. The first-order valence-electron chi connectivity index (χ1n) is 7.05. The van der Waals surface area contributed by atoms with Gasteiger partial charge in [-0.05, 0) is 24.6 Å². The second-order valence-electron chi connectivity index (χ2n) is 4.95. The number of aromatic nitrogens is 1. The topological polar surface area (TPSA) is 112 Å². The summed E-state index contributed by atoms with van der Waals surface area (Å²) in [6.07, 6.45) is 0.114. The van der Waals surface area contributed by atoms with Gasteiger partial charge in [-0.2, -0.15) is 5.26 Å². The predicted molar refractivity (Wildman–Crippen MR) is 92.0 cm³/mol. The van der Waals surface area contributed by atoms with Crippen molar-refractivity contribution in [2.45, 2.75) is 25.2 Å². The van der Waals surface area contributed by atoms with Crippen LogP contribution in [0.3, 0.4) is 0 Å². The normalized spacial score (nSPS) is 11.0. The van der Waals surface area contributed by atoms with Gasteiger partial charge in [0.15, 0.2) is 5.13 Å². The molecule has 2 aromatic rings. The molecule has 0 unspecified atom stereocenters.